The summed E-state index contributed by atoms with van der Waals surface area (Å²) in [5.41, 5.74) is 2.05. The SMILES string of the molecule is Brc1ccc2c(NCCn3ccnn3)ccnc2c1. The minimum Gasteiger partial charge on any atom is -0.383 e. The highest BCUT2D eigenvalue weighted by Gasteiger charge is 2.02. The van der Waals surface area contributed by atoms with Crippen molar-refractivity contribution in [1.82, 2.24) is 20.0 Å². The summed E-state index contributed by atoms with van der Waals surface area (Å²) < 4.78 is 2.83. The Morgan fingerprint density at radius 3 is 3.00 bits per heavy atom. The molecule has 0 aliphatic rings. The third-order valence-electron chi connectivity index (χ3n) is 2.83. The molecule has 0 saturated heterocycles. The summed E-state index contributed by atoms with van der Waals surface area (Å²) in [6.07, 6.45) is 5.34. The number of halogens is 1. The van der Waals surface area contributed by atoms with Gasteiger partial charge in [0.2, 0.25) is 0 Å². The van der Waals surface area contributed by atoms with Crippen LogP contribution in [0.3, 0.4) is 0 Å². The summed E-state index contributed by atoms with van der Waals surface area (Å²) in [4.78, 5) is 4.36. The van der Waals surface area contributed by atoms with E-state index in [2.05, 4.69) is 42.6 Å². The zero-order valence-electron chi connectivity index (χ0n) is 10.1. The number of anilines is 1. The van der Waals surface area contributed by atoms with Crippen LogP contribution in [0.15, 0.2) is 47.3 Å². The van der Waals surface area contributed by atoms with Crippen LogP contribution in [0.25, 0.3) is 10.9 Å². The molecule has 0 amide bonds. The van der Waals surface area contributed by atoms with Crippen LogP contribution >= 0.6 is 15.9 Å². The average Bonchev–Trinajstić information content (AvgIpc) is 2.92. The molecule has 0 radical (unpaired) electrons. The molecule has 2 heterocycles. The second-order valence-electron chi connectivity index (χ2n) is 4.11. The monoisotopic (exact) mass is 317 g/mol. The van der Waals surface area contributed by atoms with Crippen LogP contribution in [0.2, 0.25) is 0 Å². The number of nitrogens with zero attached hydrogens (tertiary/aromatic N) is 4. The molecule has 0 atom stereocenters. The first-order chi connectivity index (χ1) is 9.33. The molecule has 0 unspecified atom stereocenters. The fourth-order valence-corrected chi connectivity index (χ4v) is 2.28. The number of hydrogen-bond acceptors (Lipinski definition) is 4. The van der Waals surface area contributed by atoms with Crippen molar-refractivity contribution in [2.45, 2.75) is 6.54 Å². The molecule has 3 aromatic rings. The van der Waals surface area contributed by atoms with Crippen molar-refractivity contribution >= 4 is 32.5 Å². The van der Waals surface area contributed by atoms with E-state index in [1.54, 1.807) is 10.9 Å². The van der Waals surface area contributed by atoms with Crippen LogP contribution in [-0.4, -0.2) is 26.5 Å². The standard InChI is InChI=1S/C13H12BrN5/c14-10-1-2-11-12(3-4-15-13(11)9-10)16-5-7-19-8-6-17-18-19/h1-4,6,8-9H,5,7H2,(H,15,16). The van der Waals surface area contributed by atoms with E-state index in [0.29, 0.717) is 0 Å². The lowest BCUT2D eigenvalue weighted by Gasteiger charge is -2.09. The highest BCUT2D eigenvalue weighted by atomic mass is 79.9. The third-order valence-corrected chi connectivity index (χ3v) is 3.33. The van der Waals surface area contributed by atoms with E-state index in [0.717, 1.165) is 34.2 Å². The van der Waals surface area contributed by atoms with E-state index in [1.165, 1.54) is 0 Å². The topological polar surface area (TPSA) is 55.6 Å². The molecule has 1 N–H and O–H groups in total. The molecule has 1 aromatic carbocycles. The fraction of sp³-hybridized carbons (Fsp3) is 0.154. The van der Waals surface area contributed by atoms with Crippen LogP contribution < -0.4 is 5.32 Å². The minimum atomic E-state index is 0.778. The van der Waals surface area contributed by atoms with Gasteiger partial charge in [-0.15, -0.1) is 5.10 Å². The van der Waals surface area contributed by atoms with Gasteiger partial charge in [-0.1, -0.05) is 21.1 Å². The molecule has 0 spiro atoms. The van der Waals surface area contributed by atoms with Crippen molar-refractivity contribution in [3.63, 3.8) is 0 Å². The number of nitrogens with one attached hydrogen (secondary N) is 1. The summed E-state index contributed by atoms with van der Waals surface area (Å²) in [5.74, 6) is 0. The maximum atomic E-state index is 4.36. The van der Waals surface area contributed by atoms with Crippen molar-refractivity contribution in [3.8, 4) is 0 Å². The van der Waals surface area contributed by atoms with Crippen molar-refractivity contribution < 1.29 is 0 Å². The van der Waals surface area contributed by atoms with Gasteiger partial charge in [0, 0.05) is 34.5 Å². The quantitative estimate of drug-likeness (QED) is 0.803. The first-order valence-electron chi connectivity index (χ1n) is 5.95. The van der Waals surface area contributed by atoms with E-state index < -0.39 is 0 Å². The van der Waals surface area contributed by atoms with Crippen molar-refractivity contribution in [2.24, 2.45) is 0 Å². The van der Waals surface area contributed by atoms with Gasteiger partial charge in [0.05, 0.1) is 18.3 Å². The molecule has 19 heavy (non-hydrogen) atoms. The van der Waals surface area contributed by atoms with E-state index in [1.807, 2.05) is 30.6 Å². The third kappa shape index (κ3) is 2.73. The Labute approximate surface area is 118 Å². The predicted octanol–water partition coefficient (Wildman–Crippen LogP) is 2.70. The van der Waals surface area contributed by atoms with E-state index >= 15 is 0 Å². The van der Waals surface area contributed by atoms with Gasteiger partial charge in [-0.25, -0.2) is 0 Å². The van der Waals surface area contributed by atoms with Gasteiger partial charge in [0.15, 0.2) is 0 Å². The second kappa shape index (κ2) is 5.36. The molecular weight excluding hydrogens is 306 g/mol. The summed E-state index contributed by atoms with van der Waals surface area (Å²) in [7, 11) is 0. The van der Waals surface area contributed by atoms with Crippen LogP contribution in [0.1, 0.15) is 0 Å². The number of benzene rings is 1. The summed E-state index contributed by atoms with van der Waals surface area (Å²) in [5, 5.41) is 12.2. The summed E-state index contributed by atoms with van der Waals surface area (Å²) in [6, 6.07) is 8.08. The maximum Gasteiger partial charge on any atom is 0.0733 e. The molecule has 0 bridgehead atoms. The zero-order valence-corrected chi connectivity index (χ0v) is 11.7. The van der Waals surface area contributed by atoms with Crippen molar-refractivity contribution in [2.75, 3.05) is 11.9 Å². The van der Waals surface area contributed by atoms with E-state index in [-0.39, 0.29) is 0 Å². The lowest BCUT2D eigenvalue weighted by atomic mass is 10.2. The molecular formula is C13H12BrN5. The zero-order chi connectivity index (χ0) is 13.1. The highest BCUT2D eigenvalue weighted by Crippen LogP contribution is 2.24. The first kappa shape index (κ1) is 12.1. The van der Waals surface area contributed by atoms with E-state index in [4.69, 9.17) is 0 Å². The van der Waals surface area contributed by atoms with Gasteiger partial charge < -0.3 is 5.32 Å². The average molecular weight is 318 g/mol. The van der Waals surface area contributed by atoms with E-state index in [9.17, 15) is 0 Å². The van der Waals surface area contributed by atoms with Gasteiger partial charge >= 0.3 is 0 Å². The summed E-state index contributed by atoms with van der Waals surface area (Å²) >= 11 is 3.46. The molecule has 6 heteroatoms. The number of aromatic nitrogens is 4. The Bertz CT molecular complexity index is 681. The predicted molar refractivity (Wildman–Crippen MR) is 78.0 cm³/mol. The Morgan fingerprint density at radius 1 is 1.21 bits per heavy atom. The highest BCUT2D eigenvalue weighted by molar-refractivity contribution is 9.10. The molecule has 0 saturated carbocycles. The molecule has 0 fully saturated rings. The molecule has 5 nitrogen and oxygen atoms in total. The van der Waals surface area contributed by atoms with Crippen LogP contribution in [0.4, 0.5) is 5.69 Å². The summed E-state index contributed by atoms with van der Waals surface area (Å²) in [6.45, 7) is 1.57. The number of pyridine rings is 1. The van der Waals surface area contributed by atoms with Gasteiger partial charge in [-0.05, 0) is 24.3 Å². The van der Waals surface area contributed by atoms with Gasteiger partial charge in [0.25, 0.3) is 0 Å². The Balaban J connectivity index is 1.77. The lowest BCUT2D eigenvalue weighted by Crippen LogP contribution is -2.11. The number of hydrogen-bond donors (Lipinski definition) is 1. The number of rotatable bonds is 4. The molecule has 0 aliphatic carbocycles. The molecule has 0 aliphatic heterocycles. The Morgan fingerprint density at radius 2 is 2.16 bits per heavy atom. The van der Waals surface area contributed by atoms with Gasteiger partial charge in [0.1, 0.15) is 0 Å². The Kier molecular flexibility index (Phi) is 3.41. The first-order valence-corrected chi connectivity index (χ1v) is 6.74. The molecule has 96 valence electrons. The van der Waals surface area contributed by atoms with Crippen LogP contribution in [0.5, 0.6) is 0 Å². The van der Waals surface area contributed by atoms with Crippen molar-refractivity contribution in [3.05, 3.63) is 47.3 Å². The number of fused-ring (bicyclic) bond motifs is 1. The Hall–Kier alpha value is -1.95. The lowest BCUT2D eigenvalue weighted by molar-refractivity contribution is 0.609. The second-order valence-corrected chi connectivity index (χ2v) is 5.03. The smallest absolute Gasteiger partial charge is 0.0733 e. The fourth-order valence-electron chi connectivity index (χ4n) is 1.93. The molecule has 2 aromatic heterocycles. The maximum absolute atomic E-state index is 4.36. The molecule has 3 rings (SSSR count). The van der Waals surface area contributed by atoms with Gasteiger partial charge in [-0.3, -0.25) is 9.67 Å². The van der Waals surface area contributed by atoms with Gasteiger partial charge in [-0.2, -0.15) is 0 Å². The largest absolute Gasteiger partial charge is 0.383 e. The minimum absolute atomic E-state index is 0.778. The van der Waals surface area contributed by atoms with Crippen LogP contribution in [0, 0.1) is 0 Å². The van der Waals surface area contributed by atoms with Crippen LogP contribution in [-0.2, 0) is 6.54 Å². The van der Waals surface area contributed by atoms with Crippen molar-refractivity contribution in [1.29, 1.82) is 0 Å². The normalized spacial score (nSPS) is 10.8.